The van der Waals surface area contributed by atoms with E-state index in [-0.39, 0.29) is 5.41 Å². The van der Waals surface area contributed by atoms with Gasteiger partial charge in [-0.05, 0) is 56.9 Å². The smallest absolute Gasteiger partial charge is 0.127 e. The van der Waals surface area contributed by atoms with Crippen LogP contribution in [0.5, 0.6) is 0 Å². The van der Waals surface area contributed by atoms with Gasteiger partial charge in [0, 0.05) is 18.5 Å². The number of hydrogen-bond donors (Lipinski definition) is 0. The van der Waals surface area contributed by atoms with Crippen molar-refractivity contribution in [1.82, 2.24) is 4.90 Å². The van der Waals surface area contributed by atoms with Crippen LogP contribution in [0, 0.1) is 23.2 Å². The molecule has 0 aromatic rings. The van der Waals surface area contributed by atoms with Crippen molar-refractivity contribution in [3.05, 3.63) is 0 Å². The molecule has 2 nitrogen and oxygen atoms in total. The van der Waals surface area contributed by atoms with E-state index in [1.54, 1.807) is 0 Å². The summed E-state index contributed by atoms with van der Waals surface area (Å²) in [5, 5.41) is 0. The number of nitrogens with zero attached hydrogens (tertiary/aromatic N) is 1. The quantitative estimate of drug-likeness (QED) is 0.647. The molecule has 2 aliphatic rings. The maximum Gasteiger partial charge on any atom is 0.127 e. The molecule has 3 unspecified atom stereocenters. The molecule has 2 heteroatoms. The van der Waals surface area contributed by atoms with E-state index >= 15 is 0 Å². The van der Waals surface area contributed by atoms with Gasteiger partial charge in [-0.2, -0.15) is 0 Å². The Kier molecular flexibility index (Phi) is 4.47. The zero-order valence-corrected chi connectivity index (χ0v) is 12.3. The van der Waals surface area contributed by atoms with Gasteiger partial charge in [-0.15, -0.1) is 0 Å². The van der Waals surface area contributed by atoms with Gasteiger partial charge in [-0.1, -0.05) is 20.3 Å². The standard InChI is InChI=1S/C16H29NO/c1-4-16(5-2,12-18)11-17(3)10-15-9-13-6-7-14(15)8-13/h12-15H,4-11H2,1-3H3. The fourth-order valence-electron chi connectivity index (χ4n) is 4.28. The Balaban J connectivity index is 1.84. The fraction of sp³-hybridized carbons (Fsp3) is 0.938. The Labute approximate surface area is 112 Å². The van der Waals surface area contributed by atoms with Gasteiger partial charge in [0.15, 0.2) is 0 Å². The lowest BCUT2D eigenvalue weighted by Crippen LogP contribution is -2.39. The largest absolute Gasteiger partial charge is 0.305 e. The second-order valence-electron chi connectivity index (χ2n) is 6.82. The summed E-state index contributed by atoms with van der Waals surface area (Å²) < 4.78 is 0. The first-order chi connectivity index (χ1) is 8.62. The first kappa shape index (κ1) is 14.0. The van der Waals surface area contributed by atoms with Gasteiger partial charge in [0.05, 0.1) is 0 Å². The van der Waals surface area contributed by atoms with Crippen LogP contribution in [0.15, 0.2) is 0 Å². The summed E-state index contributed by atoms with van der Waals surface area (Å²) >= 11 is 0. The van der Waals surface area contributed by atoms with E-state index in [1.165, 1.54) is 38.5 Å². The average molecular weight is 251 g/mol. The number of fused-ring (bicyclic) bond motifs is 2. The Morgan fingerprint density at radius 2 is 1.94 bits per heavy atom. The molecular weight excluding hydrogens is 222 g/mol. The summed E-state index contributed by atoms with van der Waals surface area (Å²) in [4.78, 5) is 13.8. The minimum absolute atomic E-state index is 0.105. The van der Waals surface area contributed by atoms with Crippen molar-refractivity contribution in [2.24, 2.45) is 23.2 Å². The van der Waals surface area contributed by atoms with E-state index in [4.69, 9.17) is 0 Å². The minimum Gasteiger partial charge on any atom is -0.305 e. The molecule has 0 N–H and O–H groups in total. The molecule has 0 spiro atoms. The molecule has 18 heavy (non-hydrogen) atoms. The van der Waals surface area contributed by atoms with Crippen LogP contribution in [0.25, 0.3) is 0 Å². The molecule has 0 heterocycles. The highest BCUT2D eigenvalue weighted by Crippen LogP contribution is 2.48. The molecule has 0 aromatic carbocycles. The lowest BCUT2D eigenvalue weighted by molar-refractivity contribution is -0.117. The first-order valence-electron chi connectivity index (χ1n) is 7.77. The molecule has 104 valence electrons. The molecule has 0 radical (unpaired) electrons. The number of hydrogen-bond acceptors (Lipinski definition) is 2. The van der Waals surface area contributed by atoms with Crippen LogP contribution in [-0.2, 0) is 4.79 Å². The molecule has 2 aliphatic carbocycles. The van der Waals surface area contributed by atoms with Gasteiger partial charge < -0.3 is 9.69 Å². The van der Waals surface area contributed by atoms with Crippen LogP contribution in [0.4, 0.5) is 0 Å². The summed E-state index contributed by atoms with van der Waals surface area (Å²) in [5.74, 6) is 2.93. The van der Waals surface area contributed by atoms with E-state index in [2.05, 4.69) is 25.8 Å². The first-order valence-corrected chi connectivity index (χ1v) is 7.77. The second-order valence-corrected chi connectivity index (χ2v) is 6.82. The van der Waals surface area contributed by atoms with E-state index in [0.29, 0.717) is 0 Å². The van der Waals surface area contributed by atoms with Crippen LogP contribution >= 0.6 is 0 Å². The fourth-order valence-corrected chi connectivity index (χ4v) is 4.28. The van der Waals surface area contributed by atoms with Gasteiger partial charge in [0.25, 0.3) is 0 Å². The normalized spacial score (nSPS) is 31.2. The summed E-state index contributed by atoms with van der Waals surface area (Å²) in [6.45, 7) is 6.43. The van der Waals surface area contributed by atoms with Crippen molar-refractivity contribution in [2.75, 3.05) is 20.1 Å². The molecule has 0 amide bonds. The summed E-state index contributed by atoms with van der Waals surface area (Å²) in [6, 6.07) is 0. The minimum atomic E-state index is -0.105. The highest BCUT2D eigenvalue weighted by Gasteiger charge is 2.40. The van der Waals surface area contributed by atoms with Crippen LogP contribution in [0.3, 0.4) is 0 Å². The van der Waals surface area contributed by atoms with Gasteiger partial charge in [0.1, 0.15) is 6.29 Å². The zero-order chi connectivity index (χ0) is 13.2. The lowest BCUT2D eigenvalue weighted by Gasteiger charge is -2.33. The monoisotopic (exact) mass is 251 g/mol. The maximum atomic E-state index is 11.4. The molecular formula is C16H29NO. The highest BCUT2D eigenvalue weighted by atomic mass is 16.1. The zero-order valence-electron chi connectivity index (χ0n) is 12.3. The average Bonchev–Trinajstić information content (AvgIpc) is 2.98. The van der Waals surface area contributed by atoms with Gasteiger partial charge in [-0.3, -0.25) is 0 Å². The predicted molar refractivity (Wildman–Crippen MR) is 75.5 cm³/mol. The Hall–Kier alpha value is -0.370. The van der Waals surface area contributed by atoms with E-state index in [1.807, 2.05) is 0 Å². The third-order valence-electron chi connectivity index (χ3n) is 5.67. The molecule has 0 saturated heterocycles. The van der Waals surface area contributed by atoms with E-state index < -0.39 is 0 Å². The highest BCUT2D eigenvalue weighted by molar-refractivity contribution is 5.59. The Morgan fingerprint density at radius 3 is 2.39 bits per heavy atom. The summed E-state index contributed by atoms with van der Waals surface area (Å²) in [5.41, 5.74) is -0.105. The van der Waals surface area contributed by atoms with Gasteiger partial charge in [0.2, 0.25) is 0 Å². The Bertz CT molecular complexity index is 285. The van der Waals surface area contributed by atoms with Crippen LogP contribution in [0.1, 0.15) is 52.4 Å². The molecule has 2 bridgehead atoms. The third-order valence-corrected chi connectivity index (χ3v) is 5.67. The molecule has 3 atom stereocenters. The van der Waals surface area contributed by atoms with Crippen molar-refractivity contribution < 1.29 is 4.79 Å². The van der Waals surface area contributed by atoms with E-state index in [9.17, 15) is 4.79 Å². The maximum absolute atomic E-state index is 11.4. The van der Waals surface area contributed by atoms with Crippen LogP contribution < -0.4 is 0 Å². The topological polar surface area (TPSA) is 20.3 Å². The molecule has 2 fully saturated rings. The number of rotatable bonds is 7. The molecule has 0 aliphatic heterocycles. The SMILES string of the molecule is CCC(C=O)(CC)CN(C)CC1CC2CCC1C2. The molecule has 0 aromatic heterocycles. The van der Waals surface area contributed by atoms with Crippen molar-refractivity contribution >= 4 is 6.29 Å². The van der Waals surface area contributed by atoms with Gasteiger partial charge in [-0.25, -0.2) is 0 Å². The Morgan fingerprint density at radius 1 is 1.22 bits per heavy atom. The third kappa shape index (κ3) is 2.79. The predicted octanol–water partition coefficient (Wildman–Crippen LogP) is 3.36. The van der Waals surface area contributed by atoms with Crippen LogP contribution in [-0.4, -0.2) is 31.3 Å². The van der Waals surface area contributed by atoms with Crippen LogP contribution in [0.2, 0.25) is 0 Å². The molecule has 2 saturated carbocycles. The molecule has 2 rings (SSSR count). The van der Waals surface area contributed by atoms with Crippen molar-refractivity contribution in [1.29, 1.82) is 0 Å². The number of carbonyl (C=O) groups is 1. The number of carbonyl (C=O) groups excluding carboxylic acids is 1. The lowest BCUT2D eigenvalue weighted by atomic mass is 9.82. The van der Waals surface area contributed by atoms with E-state index in [0.717, 1.165) is 37.1 Å². The van der Waals surface area contributed by atoms with Gasteiger partial charge >= 0.3 is 0 Å². The van der Waals surface area contributed by atoms with Crippen molar-refractivity contribution in [2.45, 2.75) is 52.4 Å². The summed E-state index contributed by atoms with van der Waals surface area (Å²) in [7, 11) is 2.20. The summed E-state index contributed by atoms with van der Waals surface area (Å²) in [6.07, 6.45) is 9.00. The number of aldehydes is 1. The second kappa shape index (κ2) is 5.73. The van der Waals surface area contributed by atoms with Crippen molar-refractivity contribution in [3.8, 4) is 0 Å². The van der Waals surface area contributed by atoms with Crippen molar-refractivity contribution in [3.63, 3.8) is 0 Å².